The Balaban J connectivity index is 2.52. The van der Waals surface area contributed by atoms with Gasteiger partial charge in [-0.3, -0.25) is 4.79 Å². The number of ether oxygens (including phenoxy) is 1. The summed E-state index contributed by atoms with van der Waals surface area (Å²) >= 11 is 0. The van der Waals surface area contributed by atoms with E-state index in [4.69, 9.17) is 0 Å². The van der Waals surface area contributed by atoms with Gasteiger partial charge >= 0.3 is 18.3 Å². The average molecular weight is 220 g/mol. The monoisotopic (exact) mass is 220 g/mol. The van der Waals surface area contributed by atoms with Crippen LogP contribution in [0, 0.1) is 6.92 Å². The van der Waals surface area contributed by atoms with E-state index in [1.165, 1.54) is 0 Å². The summed E-state index contributed by atoms with van der Waals surface area (Å²) in [7, 11) is 0. The van der Waals surface area contributed by atoms with Gasteiger partial charge in [0.05, 0.1) is 5.69 Å². The zero-order valence-corrected chi connectivity index (χ0v) is 8.41. The van der Waals surface area contributed by atoms with Crippen LogP contribution in [0.1, 0.15) is 5.56 Å². The lowest BCUT2D eigenvalue weighted by Gasteiger charge is -2.00. The van der Waals surface area contributed by atoms with Crippen molar-refractivity contribution in [3.8, 4) is 11.8 Å². The lowest BCUT2D eigenvalue weighted by Crippen LogP contribution is -2.14. The van der Waals surface area contributed by atoms with Gasteiger partial charge in [0.2, 0.25) is 0 Å². The first kappa shape index (κ1) is 10.2. The van der Waals surface area contributed by atoms with Crippen molar-refractivity contribution in [3.05, 3.63) is 40.4 Å². The molecule has 0 N–H and O–H groups in total. The number of nitrogens with zero attached hydrogens (tertiary/aromatic N) is 2. The second-order valence-corrected chi connectivity index (χ2v) is 3.05. The number of carbonyl (C=O) groups is 1. The van der Waals surface area contributed by atoms with E-state index < -0.39 is 5.76 Å². The highest BCUT2D eigenvalue weighted by molar-refractivity contribution is 5.41. The van der Waals surface area contributed by atoms with Crippen LogP contribution in [-0.2, 0) is 4.79 Å². The molecule has 0 aliphatic heterocycles. The van der Waals surface area contributed by atoms with Crippen molar-refractivity contribution < 1.29 is 13.9 Å². The van der Waals surface area contributed by atoms with Gasteiger partial charge in [-0.2, -0.15) is 4.68 Å². The summed E-state index contributed by atoms with van der Waals surface area (Å²) in [6.45, 7) is 1.98. The molecule has 0 amide bonds. The minimum absolute atomic E-state index is 0.146. The minimum Gasteiger partial charge on any atom is -0.378 e. The van der Waals surface area contributed by atoms with Crippen LogP contribution in [0.3, 0.4) is 0 Å². The highest BCUT2D eigenvalue weighted by Gasteiger charge is 2.11. The number of para-hydroxylation sites is 1. The molecule has 2 rings (SSSR count). The molecule has 1 aromatic carbocycles. The van der Waals surface area contributed by atoms with E-state index in [1.807, 2.05) is 19.1 Å². The second kappa shape index (κ2) is 4.01. The molecular formula is C10H8N2O4. The number of hydrogen-bond donors (Lipinski definition) is 0. The van der Waals surface area contributed by atoms with Crippen LogP contribution in [0.15, 0.2) is 33.5 Å². The summed E-state index contributed by atoms with van der Waals surface area (Å²) in [4.78, 5) is 21.5. The summed E-state index contributed by atoms with van der Waals surface area (Å²) in [5.41, 5.74) is 1.44. The van der Waals surface area contributed by atoms with Gasteiger partial charge in [0.15, 0.2) is 0 Å². The molecule has 1 heterocycles. The van der Waals surface area contributed by atoms with Crippen LogP contribution in [0.5, 0.6) is 6.08 Å². The molecule has 6 heteroatoms. The first-order chi connectivity index (χ1) is 7.72. The van der Waals surface area contributed by atoms with Crippen molar-refractivity contribution in [2.45, 2.75) is 6.92 Å². The predicted molar refractivity (Wildman–Crippen MR) is 53.5 cm³/mol. The Morgan fingerprint density at radius 3 is 2.88 bits per heavy atom. The zero-order chi connectivity index (χ0) is 11.5. The van der Waals surface area contributed by atoms with Gasteiger partial charge in [-0.15, -0.1) is 0 Å². The van der Waals surface area contributed by atoms with Crippen molar-refractivity contribution in [2.75, 3.05) is 0 Å². The molecular weight excluding hydrogens is 212 g/mol. The Hall–Kier alpha value is -2.37. The van der Waals surface area contributed by atoms with E-state index in [1.54, 1.807) is 12.1 Å². The number of benzene rings is 1. The average Bonchev–Trinajstić information content (AvgIpc) is 2.61. The first-order valence-electron chi connectivity index (χ1n) is 4.49. The molecule has 0 aliphatic carbocycles. The normalized spacial score (nSPS) is 10.1. The number of rotatable bonds is 3. The summed E-state index contributed by atoms with van der Waals surface area (Å²) < 4.78 is 9.99. The first-order valence-corrected chi connectivity index (χ1v) is 4.49. The molecule has 6 nitrogen and oxygen atoms in total. The fourth-order valence-corrected chi connectivity index (χ4v) is 1.30. The summed E-state index contributed by atoms with van der Waals surface area (Å²) in [5.74, 6) is -0.703. The number of aryl methyl sites for hydroxylation is 1. The molecule has 0 aliphatic rings. The third-order valence-corrected chi connectivity index (χ3v) is 2.02. The van der Waals surface area contributed by atoms with E-state index in [0.717, 1.165) is 10.2 Å². The largest absolute Gasteiger partial charge is 0.444 e. The van der Waals surface area contributed by atoms with Gasteiger partial charge in [0.1, 0.15) is 0 Å². The smallest absolute Gasteiger partial charge is 0.378 e. The zero-order valence-electron chi connectivity index (χ0n) is 8.41. The molecule has 0 fully saturated rings. The van der Waals surface area contributed by atoms with Crippen molar-refractivity contribution >= 4 is 6.47 Å². The lowest BCUT2D eigenvalue weighted by atomic mass is 10.2. The molecule has 0 saturated carbocycles. The topological polar surface area (TPSA) is 74.3 Å². The second-order valence-electron chi connectivity index (χ2n) is 3.05. The minimum atomic E-state index is -0.703. The highest BCUT2D eigenvalue weighted by Crippen LogP contribution is 2.12. The maximum absolute atomic E-state index is 11.4. The lowest BCUT2D eigenvalue weighted by molar-refractivity contribution is -0.122. The van der Waals surface area contributed by atoms with Gasteiger partial charge in [-0.05, 0) is 18.6 Å². The van der Waals surface area contributed by atoms with Crippen LogP contribution < -0.4 is 10.5 Å². The quantitative estimate of drug-likeness (QED) is 0.710. The predicted octanol–water partition coefficient (Wildman–Crippen LogP) is 0.669. The van der Waals surface area contributed by atoms with E-state index in [0.29, 0.717) is 5.69 Å². The van der Waals surface area contributed by atoms with Crippen LogP contribution in [-0.4, -0.2) is 16.3 Å². The fourth-order valence-electron chi connectivity index (χ4n) is 1.30. The van der Waals surface area contributed by atoms with Crippen LogP contribution >= 0.6 is 0 Å². The van der Waals surface area contributed by atoms with Crippen LogP contribution in [0.25, 0.3) is 5.69 Å². The Labute approximate surface area is 90.1 Å². The van der Waals surface area contributed by atoms with Crippen LogP contribution in [0.2, 0.25) is 0 Å². The van der Waals surface area contributed by atoms with E-state index in [9.17, 15) is 9.59 Å². The molecule has 16 heavy (non-hydrogen) atoms. The van der Waals surface area contributed by atoms with Crippen LogP contribution in [0.4, 0.5) is 0 Å². The van der Waals surface area contributed by atoms with Crippen molar-refractivity contribution in [1.82, 2.24) is 9.78 Å². The number of carbonyl (C=O) groups excluding carboxylic acids is 1. The standard InChI is InChI=1S/C10H8N2O4/c1-7-4-2-3-5-8(7)12-10(14)16-9(11-12)15-6-13/h2-6H,1H3. The number of aromatic nitrogens is 2. The third kappa shape index (κ3) is 1.72. The van der Waals surface area contributed by atoms with Crippen molar-refractivity contribution in [2.24, 2.45) is 0 Å². The van der Waals surface area contributed by atoms with Crippen molar-refractivity contribution in [1.29, 1.82) is 0 Å². The van der Waals surface area contributed by atoms with Gasteiger partial charge in [-0.1, -0.05) is 23.3 Å². The molecule has 0 radical (unpaired) electrons. The third-order valence-electron chi connectivity index (χ3n) is 2.02. The molecule has 0 spiro atoms. The van der Waals surface area contributed by atoms with Gasteiger partial charge in [-0.25, -0.2) is 4.79 Å². The molecule has 0 bridgehead atoms. The molecule has 0 saturated heterocycles. The van der Waals surface area contributed by atoms with E-state index >= 15 is 0 Å². The molecule has 2 aromatic rings. The molecule has 0 atom stereocenters. The highest BCUT2D eigenvalue weighted by atomic mass is 16.6. The van der Waals surface area contributed by atoms with E-state index in [2.05, 4.69) is 14.3 Å². The molecule has 1 aromatic heterocycles. The van der Waals surface area contributed by atoms with Gasteiger partial charge < -0.3 is 9.15 Å². The summed E-state index contributed by atoms with van der Waals surface area (Å²) in [5, 5.41) is 3.71. The van der Waals surface area contributed by atoms with Gasteiger partial charge in [0, 0.05) is 0 Å². The maximum Gasteiger partial charge on any atom is 0.444 e. The Morgan fingerprint density at radius 1 is 1.44 bits per heavy atom. The Kier molecular flexibility index (Phi) is 2.55. The maximum atomic E-state index is 11.4. The van der Waals surface area contributed by atoms with Gasteiger partial charge in [0.25, 0.3) is 0 Å². The molecule has 82 valence electrons. The Morgan fingerprint density at radius 2 is 2.19 bits per heavy atom. The fraction of sp³-hybridized carbons (Fsp3) is 0.100. The summed E-state index contributed by atoms with van der Waals surface area (Å²) in [6, 6.07) is 7.15. The molecule has 0 unspecified atom stereocenters. The SMILES string of the molecule is Cc1ccccc1-n1nc(OC=O)oc1=O. The number of hydrogen-bond acceptors (Lipinski definition) is 5. The Bertz CT molecular complexity index is 570. The van der Waals surface area contributed by atoms with Crippen molar-refractivity contribution in [3.63, 3.8) is 0 Å². The summed E-state index contributed by atoms with van der Waals surface area (Å²) in [6.07, 6.45) is -0.372. The van der Waals surface area contributed by atoms with E-state index in [-0.39, 0.29) is 12.5 Å².